The highest BCUT2D eigenvalue weighted by Crippen LogP contribution is 2.18. The summed E-state index contributed by atoms with van der Waals surface area (Å²) in [6.07, 6.45) is -2.86. The predicted octanol–water partition coefficient (Wildman–Crippen LogP) is 1.28. The van der Waals surface area contributed by atoms with Gasteiger partial charge in [0.2, 0.25) is 5.84 Å². The van der Waals surface area contributed by atoms with E-state index in [9.17, 15) is 8.78 Å². The molecule has 0 rings (SSSR count). The van der Waals surface area contributed by atoms with Crippen LogP contribution >= 0.6 is 0 Å². The molecule has 0 aromatic heterocycles. The summed E-state index contributed by atoms with van der Waals surface area (Å²) in [6.45, 7) is 6.14. The molecule has 0 saturated heterocycles. The van der Waals surface area contributed by atoms with Crippen molar-refractivity contribution in [1.82, 2.24) is 5.01 Å². The third-order valence-corrected chi connectivity index (χ3v) is 1.31. The minimum atomic E-state index is -3.81. The zero-order valence-corrected chi connectivity index (χ0v) is 7.55. The number of nitrogens with zero attached hydrogens (tertiary/aromatic N) is 2. The molecular weight excluding hydrogens is 194 g/mol. The summed E-state index contributed by atoms with van der Waals surface area (Å²) >= 11 is 0. The van der Waals surface area contributed by atoms with Crippen molar-refractivity contribution in [3.05, 3.63) is 12.7 Å². The van der Waals surface area contributed by atoms with Crippen LogP contribution in [0.3, 0.4) is 0 Å². The molecule has 0 aliphatic heterocycles. The molecule has 0 fully saturated rings. The molecule has 0 aromatic carbocycles. The van der Waals surface area contributed by atoms with Gasteiger partial charge in [0.15, 0.2) is 0 Å². The standard InChI is InChI=1S/C7H10F2N4O/c1-4-5(10)13(12-2)6(11)7(8,9)14-3/h4,10-11H,1-2H2,3H3. The first-order valence-electron chi connectivity index (χ1n) is 3.40. The second-order valence-electron chi connectivity index (χ2n) is 2.11. The Kier molecular flexibility index (Phi) is 4.03. The van der Waals surface area contributed by atoms with Crippen LogP contribution in [-0.4, -0.2) is 36.6 Å². The van der Waals surface area contributed by atoms with Gasteiger partial charge in [0, 0.05) is 13.8 Å². The van der Waals surface area contributed by atoms with Crippen LogP contribution in [0.5, 0.6) is 0 Å². The monoisotopic (exact) mass is 204 g/mol. The predicted molar refractivity (Wildman–Crippen MR) is 49.0 cm³/mol. The third-order valence-electron chi connectivity index (χ3n) is 1.31. The molecule has 0 aromatic rings. The van der Waals surface area contributed by atoms with Gasteiger partial charge in [0.25, 0.3) is 0 Å². The van der Waals surface area contributed by atoms with E-state index in [2.05, 4.69) is 23.1 Å². The quantitative estimate of drug-likeness (QED) is 0.411. The van der Waals surface area contributed by atoms with Crippen molar-refractivity contribution in [3.8, 4) is 0 Å². The Bertz CT molecular complexity index is 277. The van der Waals surface area contributed by atoms with Crippen LogP contribution in [0, 0.1) is 10.8 Å². The molecule has 0 spiro atoms. The van der Waals surface area contributed by atoms with Gasteiger partial charge in [0.1, 0.15) is 5.84 Å². The van der Waals surface area contributed by atoms with Crippen molar-refractivity contribution >= 4 is 18.4 Å². The van der Waals surface area contributed by atoms with Crippen molar-refractivity contribution in [3.63, 3.8) is 0 Å². The summed E-state index contributed by atoms with van der Waals surface area (Å²) < 4.78 is 29.3. The number of hydrazone groups is 1. The average molecular weight is 204 g/mol. The second kappa shape index (κ2) is 4.56. The van der Waals surface area contributed by atoms with Crippen molar-refractivity contribution < 1.29 is 13.5 Å². The molecule has 0 bridgehead atoms. The molecule has 0 amide bonds. The Morgan fingerprint density at radius 3 is 2.36 bits per heavy atom. The minimum Gasteiger partial charge on any atom is -0.317 e. The van der Waals surface area contributed by atoms with E-state index in [0.29, 0.717) is 5.01 Å². The molecule has 78 valence electrons. The number of ether oxygens (including phenoxy) is 1. The fourth-order valence-corrected chi connectivity index (χ4v) is 0.574. The van der Waals surface area contributed by atoms with Crippen LogP contribution in [-0.2, 0) is 4.74 Å². The van der Waals surface area contributed by atoms with Crippen LogP contribution in [0.15, 0.2) is 17.8 Å². The van der Waals surface area contributed by atoms with Gasteiger partial charge < -0.3 is 4.74 Å². The van der Waals surface area contributed by atoms with Gasteiger partial charge in [-0.05, 0) is 6.08 Å². The fourth-order valence-electron chi connectivity index (χ4n) is 0.574. The lowest BCUT2D eigenvalue weighted by molar-refractivity contribution is -0.168. The lowest BCUT2D eigenvalue weighted by Gasteiger charge is -2.22. The Morgan fingerprint density at radius 2 is 2.07 bits per heavy atom. The Hall–Kier alpha value is -1.63. The minimum absolute atomic E-state index is 0.316. The first kappa shape index (κ1) is 12.4. The molecule has 0 radical (unpaired) electrons. The molecule has 0 saturated carbocycles. The van der Waals surface area contributed by atoms with Gasteiger partial charge in [-0.2, -0.15) is 18.9 Å². The van der Waals surface area contributed by atoms with E-state index in [1.54, 1.807) is 0 Å². The third kappa shape index (κ3) is 2.43. The van der Waals surface area contributed by atoms with E-state index in [0.717, 1.165) is 13.2 Å². The number of rotatable bonds is 4. The first-order valence-corrected chi connectivity index (χ1v) is 3.40. The highest BCUT2D eigenvalue weighted by molar-refractivity contribution is 6.04. The summed E-state index contributed by atoms with van der Waals surface area (Å²) in [4.78, 5) is 0. The molecule has 0 aliphatic carbocycles. The average Bonchev–Trinajstić information content (AvgIpc) is 2.18. The molecule has 2 N–H and O–H groups in total. The van der Waals surface area contributed by atoms with Gasteiger partial charge in [0.05, 0.1) is 0 Å². The van der Waals surface area contributed by atoms with Crippen molar-refractivity contribution in [2.24, 2.45) is 5.10 Å². The van der Waals surface area contributed by atoms with E-state index in [1.807, 2.05) is 0 Å². The van der Waals surface area contributed by atoms with Crippen LogP contribution in [0.1, 0.15) is 0 Å². The molecule has 0 atom stereocenters. The van der Waals surface area contributed by atoms with Crippen molar-refractivity contribution in [2.45, 2.75) is 6.11 Å². The van der Waals surface area contributed by atoms with Gasteiger partial charge in [-0.3, -0.25) is 10.8 Å². The second-order valence-corrected chi connectivity index (χ2v) is 2.11. The molecule has 0 heterocycles. The highest BCUT2D eigenvalue weighted by atomic mass is 19.3. The molecule has 7 heteroatoms. The van der Waals surface area contributed by atoms with Gasteiger partial charge >= 0.3 is 6.11 Å². The number of alkyl halides is 2. The highest BCUT2D eigenvalue weighted by Gasteiger charge is 2.40. The van der Waals surface area contributed by atoms with E-state index < -0.39 is 17.8 Å². The van der Waals surface area contributed by atoms with Crippen molar-refractivity contribution in [2.75, 3.05) is 7.11 Å². The van der Waals surface area contributed by atoms with Gasteiger partial charge in [-0.1, -0.05) is 6.58 Å². The fraction of sp³-hybridized carbons (Fsp3) is 0.286. The van der Waals surface area contributed by atoms with E-state index in [1.165, 1.54) is 0 Å². The Balaban J connectivity index is 4.89. The van der Waals surface area contributed by atoms with E-state index in [-0.39, 0.29) is 0 Å². The zero-order chi connectivity index (χ0) is 11.4. The zero-order valence-electron chi connectivity index (χ0n) is 7.55. The lowest BCUT2D eigenvalue weighted by Crippen LogP contribution is -2.43. The van der Waals surface area contributed by atoms with Gasteiger partial charge in [-0.15, -0.1) is 0 Å². The number of halogens is 2. The lowest BCUT2D eigenvalue weighted by atomic mass is 10.4. The largest absolute Gasteiger partial charge is 0.416 e. The summed E-state index contributed by atoms with van der Waals surface area (Å²) in [6, 6.07) is 0. The number of methoxy groups -OCH3 is 1. The van der Waals surface area contributed by atoms with E-state index in [4.69, 9.17) is 10.8 Å². The maximum Gasteiger partial charge on any atom is 0.416 e. The molecule has 0 aliphatic rings. The molecule has 5 nitrogen and oxygen atoms in total. The normalized spacial score (nSPS) is 10.5. The van der Waals surface area contributed by atoms with Crippen LogP contribution in [0.2, 0.25) is 0 Å². The topological polar surface area (TPSA) is 72.5 Å². The van der Waals surface area contributed by atoms with Crippen LogP contribution in [0.4, 0.5) is 8.78 Å². The van der Waals surface area contributed by atoms with Crippen LogP contribution < -0.4 is 0 Å². The van der Waals surface area contributed by atoms with Crippen molar-refractivity contribution in [1.29, 1.82) is 10.8 Å². The van der Waals surface area contributed by atoms with E-state index >= 15 is 0 Å². The summed E-state index contributed by atoms with van der Waals surface area (Å²) in [7, 11) is 0.743. The number of hydrogen-bond donors (Lipinski definition) is 2. The maximum absolute atomic E-state index is 12.8. The number of nitrogens with one attached hydrogen (secondary N) is 2. The molecular formula is C7H10F2N4O. The smallest absolute Gasteiger partial charge is 0.317 e. The number of hydrogen-bond acceptors (Lipinski definition) is 4. The maximum atomic E-state index is 12.8. The Morgan fingerprint density at radius 1 is 1.57 bits per heavy atom. The molecule has 14 heavy (non-hydrogen) atoms. The summed E-state index contributed by atoms with van der Waals surface area (Å²) in [5.74, 6) is -1.78. The van der Waals surface area contributed by atoms with Gasteiger partial charge in [-0.25, -0.2) is 0 Å². The SMILES string of the molecule is C=CC(=N)N(N=C)C(=N)C(F)(F)OC. The summed E-state index contributed by atoms with van der Waals surface area (Å²) in [5.41, 5.74) is 0. The van der Waals surface area contributed by atoms with Crippen LogP contribution in [0.25, 0.3) is 0 Å². The Labute approximate surface area is 79.7 Å². The number of amidine groups is 2. The molecule has 0 unspecified atom stereocenters. The first-order chi connectivity index (χ1) is 6.40. The summed E-state index contributed by atoms with van der Waals surface area (Å²) in [5, 5.41) is 17.5.